The Morgan fingerprint density at radius 3 is 2.22 bits per heavy atom. The Bertz CT molecular complexity index is 198. The van der Waals surface area contributed by atoms with Gasteiger partial charge in [0.25, 0.3) is 0 Å². The van der Waals surface area contributed by atoms with Gasteiger partial charge in [0.05, 0.1) is 0 Å². The minimum atomic E-state index is 0.542. The average Bonchev–Trinajstić information content (AvgIpc) is 1.90. The molecule has 46 valence electrons. The van der Waals surface area contributed by atoms with Crippen LogP contribution >= 0.6 is 0 Å². The summed E-state index contributed by atoms with van der Waals surface area (Å²) in [5.74, 6) is 0. The molecule has 1 aromatic carbocycles. The molecule has 0 saturated heterocycles. The van der Waals surface area contributed by atoms with Crippen molar-refractivity contribution in [3.8, 4) is 0 Å². The summed E-state index contributed by atoms with van der Waals surface area (Å²) in [6.07, 6.45) is 1.76. The fraction of sp³-hybridized carbons (Fsp3) is 0. The zero-order valence-electron chi connectivity index (χ0n) is 5.09. The Labute approximate surface area is 54.8 Å². The van der Waals surface area contributed by atoms with E-state index in [9.17, 15) is 0 Å². The van der Waals surface area contributed by atoms with Crippen molar-refractivity contribution in [3.05, 3.63) is 42.1 Å². The number of nitrogens with one attached hydrogen (secondary N) is 1. The van der Waals surface area contributed by atoms with Crippen molar-refractivity contribution in [1.29, 1.82) is 0 Å². The fourth-order valence-corrected chi connectivity index (χ4v) is 0.619. The van der Waals surface area contributed by atoms with Gasteiger partial charge in [-0.2, -0.15) is 0 Å². The summed E-state index contributed by atoms with van der Waals surface area (Å²) in [4.78, 5) is 0. The van der Waals surface area contributed by atoms with Gasteiger partial charge in [0, 0.05) is 0 Å². The molecule has 9 heavy (non-hydrogen) atoms. The Hall–Kier alpha value is -1.24. The zero-order chi connectivity index (χ0) is 6.69. The number of benzene rings is 1. The maximum atomic E-state index is 7.13. The van der Waals surface area contributed by atoms with Crippen LogP contribution in [0.2, 0.25) is 0 Å². The molecule has 1 rings (SSSR count). The van der Waals surface area contributed by atoms with E-state index in [-0.39, 0.29) is 0 Å². The van der Waals surface area contributed by atoms with Gasteiger partial charge in [0.1, 0.15) is 0 Å². The van der Waals surface area contributed by atoms with Crippen LogP contribution in [0.15, 0.2) is 30.8 Å². The Kier molecular flexibility index (Phi) is 1.54. The van der Waals surface area contributed by atoms with Gasteiger partial charge in [0.15, 0.2) is 0 Å². The van der Waals surface area contributed by atoms with Crippen LogP contribution in [0.1, 0.15) is 5.56 Å². The molecule has 1 N–H and O–H groups in total. The van der Waals surface area contributed by atoms with Gasteiger partial charge in [-0.25, -0.2) is 0 Å². The fourth-order valence-electron chi connectivity index (χ4n) is 0.619. The third kappa shape index (κ3) is 1.32. The lowest BCUT2D eigenvalue weighted by Crippen LogP contribution is -1.65. The predicted molar refractivity (Wildman–Crippen MR) is 40.5 cm³/mol. The van der Waals surface area contributed by atoms with Crippen molar-refractivity contribution in [1.82, 2.24) is 0 Å². The second kappa shape index (κ2) is 2.35. The predicted octanol–water partition coefficient (Wildman–Crippen LogP) is 3.01. The highest BCUT2D eigenvalue weighted by atomic mass is 14.5. The number of hydrogen-bond donors (Lipinski definition) is 0. The molecule has 1 heteroatoms. The van der Waals surface area contributed by atoms with Crippen LogP contribution in [-0.2, 0) is 0 Å². The molecule has 0 saturated carbocycles. The van der Waals surface area contributed by atoms with E-state index in [1.165, 1.54) is 0 Å². The minimum absolute atomic E-state index is 0.542. The number of rotatable bonds is 1. The van der Waals surface area contributed by atoms with Crippen molar-refractivity contribution in [2.45, 2.75) is 0 Å². The van der Waals surface area contributed by atoms with E-state index in [1.54, 1.807) is 18.2 Å². The van der Waals surface area contributed by atoms with E-state index in [4.69, 9.17) is 5.73 Å². The average molecular weight is 118 g/mol. The molecule has 1 nitrogen and oxygen atoms in total. The standard InChI is InChI=1S/C8H8N/c1-2-7-3-5-8(9)6-4-7/h2-6,9H,1H2/q-1. The highest BCUT2D eigenvalue weighted by molar-refractivity contribution is 5.53. The quantitative estimate of drug-likeness (QED) is 0.541. The number of hydrogen-bond acceptors (Lipinski definition) is 0. The van der Waals surface area contributed by atoms with Gasteiger partial charge >= 0.3 is 0 Å². The highest BCUT2D eigenvalue weighted by Crippen LogP contribution is 2.10. The first kappa shape index (κ1) is 5.89. The smallest absolute Gasteiger partial charge is 0.0263 e. The van der Waals surface area contributed by atoms with E-state index >= 15 is 0 Å². The third-order valence-electron chi connectivity index (χ3n) is 1.15. The molecule has 0 spiro atoms. The van der Waals surface area contributed by atoms with Crippen LogP contribution < -0.4 is 0 Å². The summed E-state index contributed by atoms with van der Waals surface area (Å²) in [5.41, 5.74) is 8.74. The summed E-state index contributed by atoms with van der Waals surface area (Å²) >= 11 is 0. The van der Waals surface area contributed by atoms with Crippen molar-refractivity contribution < 1.29 is 0 Å². The van der Waals surface area contributed by atoms with E-state index < -0.39 is 0 Å². The molecule has 0 atom stereocenters. The summed E-state index contributed by atoms with van der Waals surface area (Å²) in [6.45, 7) is 3.60. The van der Waals surface area contributed by atoms with E-state index in [1.807, 2.05) is 12.1 Å². The topological polar surface area (TPSA) is 23.8 Å². The first-order valence-corrected chi connectivity index (χ1v) is 2.77. The molecule has 1 aromatic rings. The summed E-state index contributed by atoms with van der Waals surface area (Å²) in [5, 5.41) is 0. The van der Waals surface area contributed by atoms with Crippen molar-refractivity contribution >= 4 is 11.8 Å². The van der Waals surface area contributed by atoms with Gasteiger partial charge in [-0.1, -0.05) is 36.9 Å². The molecule has 0 heterocycles. The lowest BCUT2D eigenvalue weighted by Gasteiger charge is -2.00. The van der Waals surface area contributed by atoms with Gasteiger partial charge in [0.2, 0.25) is 0 Å². The highest BCUT2D eigenvalue weighted by Gasteiger charge is 1.78. The second-order valence-electron chi connectivity index (χ2n) is 1.83. The molecule has 0 bridgehead atoms. The van der Waals surface area contributed by atoms with Gasteiger partial charge in [-0.05, 0) is 5.56 Å². The van der Waals surface area contributed by atoms with Crippen LogP contribution in [0.5, 0.6) is 0 Å². The lowest BCUT2D eigenvalue weighted by molar-refractivity contribution is 1.68. The zero-order valence-corrected chi connectivity index (χ0v) is 5.09. The Morgan fingerprint density at radius 1 is 1.22 bits per heavy atom. The molecule has 0 aliphatic heterocycles. The molecule has 0 fully saturated rings. The first-order chi connectivity index (χ1) is 4.33. The minimum Gasteiger partial charge on any atom is -0.699 e. The van der Waals surface area contributed by atoms with Crippen LogP contribution in [0.25, 0.3) is 11.8 Å². The molecule has 0 radical (unpaired) electrons. The molecule has 0 amide bonds. The van der Waals surface area contributed by atoms with E-state index in [0.29, 0.717) is 5.69 Å². The van der Waals surface area contributed by atoms with Gasteiger partial charge < -0.3 is 5.73 Å². The Morgan fingerprint density at radius 2 is 1.78 bits per heavy atom. The van der Waals surface area contributed by atoms with E-state index in [0.717, 1.165) is 5.56 Å². The molecular weight excluding hydrogens is 110 g/mol. The Balaban J connectivity index is 3.01. The maximum absolute atomic E-state index is 7.13. The van der Waals surface area contributed by atoms with Gasteiger partial charge in [-0.3, -0.25) is 0 Å². The summed E-state index contributed by atoms with van der Waals surface area (Å²) in [7, 11) is 0. The summed E-state index contributed by atoms with van der Waals surface area (Å²) < 4.78 is 0. The molecule has 0 aliphatic carbocycles. The molecule has 0 aliphatic rings. The summed E-state index contributed by atoms with van der Waals surface area (Å²) in [6, 6.07) is 7.23. The van der Waals surface area contributed by atoms with E-state index in [2.05, 4.69) is 6.58 Å². The SMILES string of the molecule is C=Cc1ccc([NH-])cc1. The normalized spacial score (nSPS) is 8.89. The molecule has 0 unspecified atom stereocenters. The van der Waals surface area contributed by atoms with Crippen molar-refractivity contribution in [3.63, 3.8) is 0 Å². The van der Waals surface area contributed by atoms with Crippen molar-refractivity contribution in [2.75, 3.05) is 0 Å². The maximum Gasteiger partial charge on any atom is -0.0263 e. The third-order valence-corrected chi connectivity index (χ3v) is 1.15. The van der Waals surface area contributed by atoms with Crippen LogP contribution in [-0.4, -0.2) is 0 Å². The largest absolute Gasteiger partial charge is 0.699 e. The first-order valence-electron chi connectivity index (χ1n) is 2.77. The van der Waals surface area contributed by atoms with Crippen LogP contribution in [0.3, 0.4) is 0 Å². The van der Waals surface area contributed by atoms with Gasteiger partial charge in [-0.15, -0.1) is 5.69 Å². The van der Waals surface area contributed by atoms with Crippen molar-refractivity contribution in [2.24, 2.45) is 0 Å². The lowest BCUT2D eigenvalue weighted by atomic mass is 10.2. The second-order valence-corrected chi connectivity index (χ2v) is 1.83. The van der Waals surface area contributed by atoms with Crippen LogP contribution in [0, 0.1) is 0 Å². The molecule has 0 aromatic heterocycles. The molecular formula is C8H8N-. The van der Waals surface area contributed by atoms with Crippen LogP contribution in [0.4, 0.5) is 5.69 Å². The monoisotopic (exact) mass is 118 g/mol.